The summed E-state index contributed by atoms with van der Waals surface area (Å²) in [5.41, 5.74) is -1.30. The first kappa shape index (κ1) is 24.9. The van der Waals surface area contributed by atoms with Crippen LogP contribution in [0.1, 0.15) is 41.5 Å². The molecular formula is C20H23ClIN3O6. The van der Waals surface area contributed by atoms with Gasteiger partial charge in [0.2, 0.25) is 0 Å². The number of aromatic nitrogens is 2. The number of carbonyl (C=O) groups excluding carboxylic acids is 2. The summed E-state index contributed by atoms with van der Waals surface area (Å²) in [6.07, 6.45) is -3.72. The molecule has 11 heteroatoms. The summed E-state index contributed by atoms with van der Waals surface area (Å²) >= 11 is 8.06. The number of carbonyl (C=O) groups is 3. The van der Waals surface area contributed by atoms with E-state index in [0.717, 1.165) is 0 Å². The first-order valence-corrected chi connectivity index (χ1v) is 10.6. The fraction of sp³-hybridized carbons (Fsp3) is 0.400. The zero-order valence-electron chi connectivity index (χ0n) is 17.9. The lowest BCUT2D eigenvalue weighted by molar-refractivity contribution is 0.0427. The van der Waals surface area contributed by atoms with E-state index < -0.39 is 29.5 Å². The maximum atomic E-state index is 13.0. The SMILES string of the molecule is CC(C)(C)OC(=O)N(C(=O)OC(C)(C)C)c1c(I)c(-c2ccccc2Cl)nn1C(=O)O. The molecule has 0 unspecified atom stereocenters. The number of imide groups is 1. The normalized spacial score (nSPS) is 11.7. The zero-order chi connectivity index (χ0) is 23.7. The molecule has 9 nitrogen and oxygen atoms in total. The molecule has 0 aliphatic rings. The van der Waals surface area contributed by atoms with Gasteiger partial charge in [-0.2, -0.15) is 10.00 Å². The van der Waals surface area contributed by atoms with Gasteiger partial charge in [0.1, 0.15) is 16.9 Å². The maximum Gasteiger partial charge on any atom is 0.434 e. The highest BCUT2D eigenvalue weighted by Crippen LogP contribution is 2.37. The average Bonchev–Trinajstić information content (AvgIpc) is 2.90. The van der Waals surface area contributed by atoms with Crippen LogP contribution >= 0.6 is 34.2 Å². The van der Waals surface area contributed by atoms with E-state index in [2.05, 4.69) is 5.10 Å². The second-order valence-electron chi connectivity index (χ2n) is 8.46. The minimum atomic E-state index is -1.51. The number of halogens is 2. The predicted molar refractivity (Wildman–Crippen MR) is 124 cm³/mol. The van der Waals surface area contributed by atoms with Gasteiger partial charge in [0.25, 0.3) is 0 Å². The van der Waals surface area contributed by atoms with Crippen LogP contribution in [0, 0.1) is 3.57 Å². The molecule has 1 aromatic heterocycles. The van der Waals surface area contributed by atoms with Gasteiger partial charge in [-0.1, -0.05) is 29.8 Å². The van der Waals surface area contributed by atoms with E-state index >= 15 is 0 Å². The Hall–Kier alpha value is -2.34. The topological polar surface area (TPSA) is 111 Å². The molecule has 0 radical (unpaired) electrons. The van der Waals surface area contributed by atoms with Crippen molar-refractivity contribution < 1.29 is 29.0 Å². The molecule has 31 heavy (non-hydrogen) atoms. The van der Waals surface area contributed by atoms with Gasteiger partial charge in [0.15, 0.2) is 5.82 Å². The van der Waals surface area contributed by atoms with E-state index in [4.69, 9.17) is 21.1 Å². The Morgan fingerprint density at radius 2 is 1.52 bits per heavy atom. The Balaban J connectivity index is 2.74. The summed E-state index contributed by atoms with van der Waals surface area (Å²) in [6.45, 7) is 9.71. The molecule has 0 aliphatic carbocycles. The molecule has 1 heterocycles. The van der Waals surface area contributed by atoms with Crippen molar-refractivity contribution in [2.75, 3.05) is 4.90 Å². The molecule has 0 atom stereocenters. The van der Waals surface area contributed by atoms with Crippen molar-refractivity contribution in [2.45, 2.75) is 52.7 Å². The smallest absolute Gasteiger partial charge is 0.434 e. The standard InChI is InChI=1S/C20H23ClIN3O6/c1-19(2,3)30-17(28)24(18(29)31-20(4,5)6)15-13(22)14(23-25(15)16(26)27)11-9-7-8-10-12(11)21/h7-10H,1-6H3,(H,26,27). The minimum absolute atomic E-state index is 0.181. The van der Waals surface area contributed by atoms with Crippen LogP contribution in [0.5, 0.6) is 0 Å². The predicted octanol–water partition coefficient (Wildman–Crippen LogP) is 6.01. The third-order valence-electron chi connectivity index (χ3n) is 3.48. The number of nitrogens with zero attached hydrogens (tertiary/aromatic N) is 3. The molecule has 0 saturated carbocycles. The Morgan fingerprint density at radius 1 is 1.03 bits per heavy atom. The largest absolute Gasteiger partial charge is 0.463 e. The Kier molecular flexibility index (Phi) is 7.26. The Bertz CT molecular complexity index is 995. The highest BCUT2D eigenvalue weighted by atomic mass is 127. The van der Waals surface area contributed by atoms with Gasteiger partial charge >= 0.3 is 18.3 Å². The summed E-state index contributed by atoms with van der Waals surface area (Å²) in [7, 11) is 0. The number of benzene rings is 1. The third kappa shape index (κ3) is 6.10. The molecule has 0 spiro atoms. The van der Waals surface area contributed by atoms with Crippen molar-refractivity contribution in [1.29, 1.82) is 0 Å². The second-order valence-corrected chi connectivity index (χ2v) is 9.94. The molecule has 168 valence electrons. The fourth-order valence-corrected chi connectivity index (χ4v) is 3.50. The summed E-state index contributed by atoms with van der Waals surface area (Å²) in [4.78, 5) is 38.4. The Morgan fingerprint density at radius 3 is 1.94 bits per heavy atom. The molecule has 1 aromatic carbocycles. The highest BCUT2D eigenvalue weighted by Gasteiger charge is 2.39. The lowest BCUT2D eigenvalue weighted by atomic mass is 10.1. The van der Waals surface area contributed by atoms with Gasteiger partial charge < -0.3 is 14.6 Å². The molecule has 0 bridgehead atoms. The highest BCUT2D eigenvalue weighted by molar-refractivity contribution is 14.1. The van der Waals surface area contributed by atoms with Crippen molar-refractivity contribution in [3.63, 3.8) is 0 Å². The summed E-state index contributed by atoms with van der Waals surface area (Å²) < 4.78 is 11.4. The lowest BCUT2D eigenvalue weighted by Gasteiger charge is -2.28. The monoisotopic (exact) mass is 563 g/mol. The number of hydrogen-bond donors (Lipinski definition) is 1. The molecule has 2 aromatic rings. The van der Waals surface area contributed by atoms with Crippen LogP contribution in [-0.2, 0) is 9.47 Å². The molecule has 2 amide bonds. The Labute approximate surface area is 198 Å². The van der Waals surface area contributed by atoms with E-state index in [9.17, 15) is 19.5 Å². The van der Waals surface area contributed by atoms with E-state index in [1.807, 2.05) is 22.6 Å². The van der Waals surface area contributed by atoms with Crippen molar-refractivity contribution in [1.82, 2.24) is 9.78 Å². The van der Waals surface area contributed by atoms with E-state index in [1.54, 1.807) is 65.8 Å². The van der Waals surface area contributed by atoms with Crippen molar-refractivity contribution in [3.8, 4) is 11.3 Å². The number of carboxylic acid groups (broad SMARTS) is 1. The summed E-state index contributed by atoms with van der Waals surface area (Å²) in [5.74, 6) is -0.327. The van der Waals surface area contributed by atoms with Crippen LogP contribution in [-0.4, -0.2) is 44.4 Å². The fourth-order valence-electron chi connectivity index (χ4n) is 2.40. The zero-order valence-corrected chi connectivity index (χ0v) is 20.8. The third-order valence-corrected chi connectivity index (χ3v) is 4.80. The molecule has 1 N–H and O–H groups in total. The molecule has 0 fully saturated rings. The summed E-state index contributed by atoms with van der Waals surface area (Å²) in [5, 5.41) is 14.1. The van der Waals surface area contributed by atoms with Crippen LogP contribution in [0.4, 0.5) is 20.2 Å². The minimum Gasteiger partial charge on any atom is -0.463 e. The van der Waals surface area contributed by atoms with Crippen molar-refractivity contribution in [2.24, 2.45) is 0 Å². The van der Waals surface area contributed by atoms with Gasteiger partial charge in [0, 0.05) is 5.56 Å². The van der Waals surface area contributed by atoms with E-state index in [1.165, 1.54) is 0 Å². The van der Waals surface area contributed by atoms with Gasteiger partial charge in [0.05, 0.1) is 8.59 Å². The van der Waals surface area contributed by atoms with Crippen LogP contribution in [0.25, 0.3) is 11.3 Å². The van der Waals surface area contributed by atoms with Crippen LogP contribution in [0.2, 0.25) is 5.02 Å². The van der Waals surface area contributed by atoms with Crippen molar-refractivity contribution >= 4 is 58.3 Å². The first-order valence-electron chi connectivity index (χ1n) is 9.15. The number of hydrogen-bond acceptors (Lipinski definition) is 6. The van der Waals surface area contributed by atoms with E-state index in [-0.39, 0.29) is 15.1 Å². The number of anilines is 1. The average molecular weight is 564 g/mol. The second kappa shape index (κ2) is 9.03. The quantitative estimate of drug-likeness (QED) is 0.445. The van der Waals surface area contributed by atoms with Gasteiger partial charge in [-0.15, -0.1) is 4.68 Å². The molecule has 0 aliphatic heterocycles. The van der Waals surface area contributed by atoms with Gasteiger partial charge in [-0.3, -0.25) is 0 Å². The maximum absolute atomic E-state index is 13.0. The number of rotatable bonds is 2. The van der Waals surface area contributed by atoms with Gasteiger partial charge in [-0.05, 0) is 70.2 Å². The van der Waals surface area contributed by atoms with Gasteiger partial charge in [-0.25, -0.2) is 14.4 Å². The van der Waals surface area contributed by atoms with Crippen LogP contribution in [0.15, 0.2) is 24.3 Å². The van der Waals surface area contributed by atoms with E-state index in [0.29, 0.717) is 20.2 Å². The van der Waals surface area contributed by atoms with Crippen LogP contribution < -0.4 is 4.90 Å². The lowest BCUT2D eigenvalue weighted by Crippen LogP contribution is -2.45. The van der Waals surface area contributed by atoms with Crippen molar-refractivity contribution in [3.05, 3.63) is 32.9 Å². The molecule has 2 rings (SSSR count). The summed E-state index contributed by atoms with van der Waals surface area (Å²) in [6, 6.07) is 6.68. The molecular weight excluding hydrogens is 541 g/mol. The van der Waals surface area contributed by atoms with Crippen LogP contribution in [0.3, 0.4) is 0 Å². The molecule has 0 saturated heterocycles. The number of ether oxygens (including phenoxy) is 2. The first-order chi connectivity index (χ1) is 14.1. The number of amides is 2.